The number of anilines is 1. The molecule has 1 aliphatic heterocycles. The van der Waals surface area contributed by atoms with E-state index in [-0.39, 0.29) is 0 Å². The van der Waals surface area contributed by atoms with Gasteiger partial charge in [-0.15, -0.1) is 0 Å². The van der Waals surface area contributed by atoms with Crippen molar-refractivity contribution in [1.82, 2.24) is 0 Å². The number of hydrogen-bond donors (Lipinski definition) is 1. The summed E-state index contributed by atoms with van der Waals surface area (Å²) in [6.45, 7) is 0.368. The van der Waals surface area contributed by atoms with Crippen LogP contribution in [0.15, 0.2) is 30.3 Å². The molecule has 20 heavy (non-hydrogen) atoms. The molecule has 0 spiro atoms. The van der Waals surface area contributed by atoms with Crippen molar-refractivity contribution in [3.8, 4) is 5.75 Å². The number of ether oxygens (including phenoxy) is 1. The molecule has 2 aromatic rings. The molecule has 1 unspecified atom stereocenters. The average molecular weight is 316 g/mol. The Balaban J connectivity index is 1.96. The molecule has 2 nitrogen and oxygen atoms in total. The second-order valence-corrected chi connectivity index (χ2v) is 5.30. The normalized spacial score (nSPS) is 17.1. The van der Waals surface area contributed by atoms with Crippen LogP contribution in [0.5, 0.6) is 5.75 Å². The van der Waals surface area contributed by atoms with Crippen LogP contribution < -0.4 is 10.1 Å². The van der Waals surface area contributed by atoms with Crippen LogP contribution in [0.25, 0.3) is 0 Å². The maximum atomic E-state index is 13.3. The SMILES string of the molecule is Fc1cc(F)cc(C2CNc3cc(Cl)cc(Cl)c3O2)c1. The molecule has 1 N–H and O–H groups in total. The molecule has 104 valence electrons. The summed E-state index contributed by atoms with van der Waals surface area (Å²) in [5.74, 6) is -0.856. The van der Waals surface area contributed by atoms with Gasteiger partial charge in [0.05, 0.1) is 17.3 Å². The van der Waals surface area contributed by atoms with Gasteiger partial charge in [0.2, 0.25) is 0 Å². The zero-order chi connectivity index (χ0) is 14.3. The maximum absolute atomic E-state index is 13.3. The van der Waals surface area contributed by atoms with E-state index in [1.165, 1.54) is 12.1 Å². The molecular weight excluding hydrogens is 307 g/mol. The Bertz CT molecular complexity index is 658. The Morgan fingerprint density at radius 1 is 1.05 bits per heavy atom. The van der Waals surface area contributed by atoms with Gasteiger partial charge in [0.1, 0.15) is 17.7 Å². The predicted octanol–water partition coefficient (Wildman–Crippen LogP) is 4.82. The van der Waals surface area contributed by atoms with E-state index in [4.69, 9.17) is 27.9 Å². The maximum Gasteiger partial charge on any atom is 0.162 e. The molecule has 0 amide bonds. The quantitative estimate of drug-likeness (QED) is 0.814. The van der Waals surface area contributed by atoms with Gasteiger partial charge in [0.25, 0.3) is 0 Å². The number of fused-ring (bicyclic) bond motifs is 1. The largest absolute Gasteiger partial charge is 0.480 e. The van der Waals surface area contributed by atoms with Crippen molar-refractivity contribution in [2.75, 3.05) is 11.9 Å². The third-order valence-electron chi connectivity index (χ3n) is 3.00. The Labute approximate surface area is 124 Å². The van der Waals surface area contributed by atoms with Crippen LogP contribution in [0.3, 0.4) is 0 Å². The fraction of sp³-hybridized carbons (Fsp3) is 0.143. The van der Waals surface area contributed by atoms with Crippen LogP contribution in [0, 0.1) is 11.6 Å². The molecule has 1 atom stereocenters. The molecule has 0 fully saturated rings. The summed E-state index contributed by atoms with van der Waals surface area (Å²) >= 11 is 12.0. The van der Waals surface area contributed by atoms with Crippen molar-refractivity contribution in [1.29, 1.82) is 0 Å². The van der Waals surface area contributed by atoms with Gasteiger partial charge >= 0.3 is 0 Å². The van der Waals surface area contributed by atoms with Crippen LogP contribution in [-0.2, 0) is 0 Å². The standard InChI is InChI=1S/C14H9Cl2F2NO/c15-8-3-11(16)14-12(4-8)19-6-13(20-14)7-1-9(17)5-10(18)2-7/h1-5,13,19H,6H2. The fourth-order valence-corrected chi connectivity index (χ4v) is 2.68. The molecule has 0 saturated carbocycles. The Morgan fingerprint density at radius 2 is 1.75 bits per heavy atom. The monoisotopic (exact) mass is 315 g/mol. The van der Waals surface area contributed by atoms with E-state index in [1.807, 2.05) is 0 Å². The first-order valence-corrected chi connectivity index (χ1v) is 6.64. The lowest BCUT2D eigenvalue weighted by Crippen LogP contribution is -2.24. The summed E-state index contributed by atoms with van der Waals surface area (Å²) < 4.78 is 32.2. The van der Waals surface area contributed by atoms with Gasteiger partial charge in [-0.25, -0.2) is 8.78 Å². The summed E-state index contributed by atoms with van der Waals surface area (Å²) in [6.07, 6.45) is -0.522. The number of nitrogens with one attached hydrogen (secondary N) is 1. The summed E-state index contributed by atoms with van der Waals surface area (Å²) in [7, 11) is 0. The van der Waals surface area contributed by atoms with Crippen LogP contribution in [0.2, 0.25) is 10.0 Å². The highest BCUT2D eigenvalue weighted by Crippen LogP contribution is 2.41. The molecule has 3 rings (SSSR count). The number of rotatable bonds is 1. The lowest BCUT2D eigenvalue weighted by molar-refractivity contribution is 0.209. The van der Waals surface area contributed by atoms with Crippen molar-refractivity contribution < 1.29 is 13.5 Å². The van der Waals surface area contributed by atoms with Crippen LogP contribution >= 0.6 is 23.2 Å². The van der Waals surface area contributed by atoms with Gasteiger partial charge in [0, 0.05) is 11.1 Å². The number of hydrogen-bond acceptors (Lipinski definition) is 2. The Kier molecular flexibility index (Phi) is 3.44. The van der Waals surface area contributed by atoms with E-state index >= 15 is 0 Å². The predicted molar refractivity (Wildman–Crippen MR) is 74.7 cm³/mol. The third-order valence-corrected chi connectivity index (χ3v) is 3.50. The van der Waals surface area contributed by atoms with Crippen LogP contribution in [0.1, 0.15) is 11.7 Å². The van der Waals surface area contributed by atoms with E-state index in [1.54, 1.807) is 12.1 Å². The van der Waals surface area contributed by atoms with Gasteiger partial charge < -0.3 is 10.1 Å². The third kappa shape index (κ3) is 2.53. The molecule has 0 saturated heterocycles. The van der Waals surface area contributed by atoms with Gasteiger partial charge in [0.15, 0.2) is 5.75 Å². The Hall–Kier alpha value is -1.52. The minimum absolute atomic E-state index is 0.349. The van der Waals surface area contributed by atoms with E-state index in [2.05, 4.69) is 5.32 Å². The van der Waals surface area contributed by atoms with Crippen LogP contribution in [0.4, 0.5) is 14.5 Å². The van der Waals surface area contributed by atoms with Gasteiger partial charge in [-0.1, -0.05) is 23.2 Å². The molecule has 1 heterocycles. The highest BCUT2D eigenvalue weighted by atomic mass is 35.5. The number of halogens is 4. The van der Waals surface area contributed by atoms with Gasteiger partial charge in [-0.2, -0.15) is 0 Å². The van der Waals surface area contributed by atoms with Gasteiger partial charge in [-0.3, -0.25) is 0 Å². The smallest absolute Gasteiger partial charge is 0.162 e. The summed E-state index contributed by atoms with van der Waals surface area (Å²) in [5.41, 5.74) is 1.07. The summed E-state index contributed by atoms with van der Waals surface area (Å²) in [6, 6.07) is 6.54. The molecule has 0 bridgehead atoms. The van der Waals surface area contributed by atoms with Crippen LogP contribution in [-0.4, -0.2) is 6.54 Å². The van der Waals surface area contributed by atoms with E-state index in [9.17, 15) is 8.78 Å². The zero-order valence-electron chi connectivity index (χ0n) is 10.1. The van der Waals surface area contributed by atoms with Crippen molar-refractivity contribution in [3.05, 3.63) is 57.6 Å². The summed E-state index contributed by atoms with van der Waals surface area (Å²) in [5, 5.41) is 3.93. The van der Waals surface area contributed by atoms with E-state index in [0.29, 0.717) is 33.6 Å². The lowest BCUT2D eigenvalue weighted by atomic mass is 10.1. The topological polar surface area (TPSA) is 21.3 Å². The lowest BCUT2D eigenvalue weighted by Gasteiger charge is -2.28. The molecule has 2 aromatic carbocycles. The highest BCUT2D eigenvalue weighted by molar-refractivity contribution is 6.36. The van der Waals surface area contributed by atoms with Crippen molar-refractivity contribution >= 4 is 28.9 Å². The molecule has 0 aliphatic carbocycles. The fourth-order valence-electron chi connectivity index (χ4n) is 2.14. The molecular formula is C14H9Cl2F2NO. The second-order valence-electron chi connectivity index (χ2n) is 4.45. The van der Waals surface area contributed by atoms with E-state index < -0.39 is 17.7 Å². The Morgan fingerprint density at radius 3 is 2.45 bits per heavy atom. The minimum Gasteiger partial charge on any atom is -0.480 e. The van der Waals surface area contributed by atoms with Crippen molar-refractivity contribution in [3.63, 3.8) is 0 Å². The minimum atomic E-state index is -0.642. The first-order chi connectivity index (χ1) is 9.52. The molecule has 1 aliphatic rings. The second kappa shape index (κ2) is 5.11. The highest BCUT2D eigenvalue weighted by Gasteiger charge is 2.24. The number of benzene rings is 2. The first-order valence-electron chi connectivity index (χ1n) is 5.88. The average Bonchev–Trinajstić information content (AvgIpc) is 2.37. The summed E-state index contributed by atoms with van der Waals surface area (Å²) in [4.78, 5) is 0. The zero-order valence-corrected chi connectivity index (χ0v) is 11.6. The van der Waals surface area contributed by atoms with Crippen molar-refractivity contribution in [2.45, 2.75) is 6.10 Å². The van der Waals surface area contributed by atoms with E-state index in [0.717, 1.165) is 6.07 Å². The molecule has 0 radical (unpaired) electrons. The van der Waals surface area contributed by atoms with Gasteiger partial charge in [-0.05, 0) is 29.8 Å². The molecule has 0 aromatic heterocycles. The molecule has 6 heteroatoms. The first kappa shape index (κ1) is 13.5. The van der Waals surface area contributed by atoms with Crippen molar-refractivity contribution in [2.24, 2.45) is 0 Å².